The van der Waals surface area contributed by atoms with E-state index in [9.17, 15) is 9.59 Å². The van der Waals surface area contributed by atoms with Crippen molar-refractivity contribution in [3.8, 4) is 11.5 Å². The number of hydrogen-bond donors (Lipinski definition) is 1. The van der Waals surface area contributed by atoms with Crippen LogP contribution >= 0.6 is 0 Å². The lowest BCUT2D eigenvalue weighted by Gasteiger charge is -2.33. The van der Waals surface area contributed by atoms with Crippen molar-refractivity contribution in [3.63, 3.8) is 0 Å². The number of benzene rings is 1. The Morgan fingerprint density at radius 1 is 1.22 bits per heavy atom. The van der Waals surface area contributed by atoms with Crippen LogP contribution in [0.2, 0.25) is 0 Å². The number of likely N-dealkylation sites (tertiary alicyclic amines) is 1. The summed E-state index contributed by atoms with van der Waals surface area (Å²) in [7, 11) is 0. The molecule has 1 unspecified atom stereocenters. The summed E-state index contributed by atoms with van der Waals surface area (Å²) in [5, 5.41) is 2.81. The molecular formula is C20H28N2O5. The van der Waals surface area contributed by atoms with Crippen molar-refractivity contribution < 1.29 is 23.8 Å². The van der Waals surface area contributed by atoms with Crippen LogP contribution in [-0.4, -0.2) is 55.3 Å². The molecular weight excluding hydrogens is 348 g/mol. The van der Waals surface area contributed by atoms with Crippen LogP contribution in [0.4, 0.5) is 4.79 Å². The summed E-state index contributed by atoms with van der Waals surface area (Å²) in [6, 6.07) is 5.31. The number of carbonyl (C=O) groups excluding carboxylic acids is 2. The van der Waals surface area contributed by atoms with Gasteiger partial charge in [-0.1, -0.05) is 0 Å². The molecule has 2 aliphatic rings. The smallest absolute Gasteiger partial charge is 0.407 e. The van der Waals surface area contributed by atoms with Gasteiger partial charge in [-0.2, -0.15) is 0 Å². The van der Waals surface area contributed by atoms with E-state index in [1.165, 1.54) is 0 Å². The van der Waals surface area contributed by atoms with E-state index in [4.69, 9.17) is 14.2 Å². The number of nitrogens with one attached hydrogen (secondary N) is 1. The maximum Gasteiger partial charge on any atom is 0.407 e. The molecule has 7 nitrogen and oxygen atoms in total. The van der Waals surface area contributed by atoms with E-state index in [1.54, 1.807) is 18.2 Å². The van der Waals surface area contributed by atoms with Gasteiger partial charge in [0.1, 0.15) is 18.8 Å². The lowest BCUT2D eigenvalue weighted by Crippen LogP contribution is -2.44. The van der Waals surface area contributed by atoms with Gasteiger partial charge in [0.15, 0.2) is 11.5 Å². The topological polar surface area (TPSA) is 77.1 Å². The van der Waals surface area contributed by atoms with Crippen LogP contribution in [0.15, 0.2) is 18.2 Å². The monoisotopic (exact) mass is 376 g/mol. The van der Waals surface area contributed by atoms with E-state index in [-0.39, 0.29) is 11.8 Å². The number of ether oxygens (including phenoxy) is 3. The van der Waals surface area contributed by atoms with Crippen LogP contribution in [0.1, 0.15) is 44.0 Å². The summed E-state index contributed by atoms with van der Waals surface area (Å²) in [4.78, 5) is 26.6. The van der Waals surface area contributed by atoms with E-state index < -0.39 is 11.7 Å². The summed E-state index contributed by atoms with van der Waals surface area (Å²) in [5.74, 6) is 1.49. The molecule has 27 heavy (non-hydrogen) atoms. The first-order valence-electron chi connectivity index (χ1n) is 9.47. The van der Waals surface area contributed by atoms with Crippen LogP contribution in [0.5, 0.6) is 11.5 Å². The zero-order valence-electron chi connectivity index (χ0n) is 16.2. The highest BCUT2D eigenvalue weighted by molar-refractivity contribution is 5.95. The Bertz CT molecular complexity index is 698. The lowest BCUT2D eigenvalue weighted by atomic mass is 9.97. The molecule has 0 saturated carbocycles. The normalized spacial score (nSPS) is 19.4. The van der Waals surface area contributed by atoms with E-state index >= 15 is 0 Å². The molecule has 3 rings (SSSR count). The average molecular weight is 376 g/mol. The summed E-state index contributed by atoms with van der Waals surface area (Å²) < 4.78 is 16.3. The Morgan fingerprint density at radius 2 is 1.96 bits per heavy atom. The second-order valence-electron chi connectivity index (χ2n) is 8.00. The fourth-order valence-electron chi connectivity index (χ4n) is 3.32. The molecule has 0 spiro atoms. The zero-order chi connectivity index (χ0) is 19.4. The van der Waals surface area contributed by atoms with E-state index in [1.807, 2.05) is 25.7 Å². The predicted octanol–water partition coefficient (Wildman–Crippen LogP) is 2.83. The maximum absolute atomic E-state index is 12.9. The number of carbonyl (C=O) groups is 2. The van der Waals surface area contributed by atoms with Crippen LogP contribution in [-0.2, 0) is 4.74 Å². The molecule has 0 radical (unpaired) electrons. The molecule has 7 heteroatoms. The second kappa shape index (κ2) is 8.06. The Morgan fingerprint density at radius 3 is 2.70 bits per heavy atom. The highest BCUT2D eigenvalue weighted by Crippen LogP contribution is 2.31. The third-order valence-electron chi connectivity index (χ3n) is 4.53. The van der Waals surface area contributed by atoms with E-state index in [2.05, 4.69) is 5.32 Å². The molecule has 1 atom stereocenters. The third-order valence-corrected chi connectivity index (χ3v) is 4.53. The molecule has 1 fully saturated rings. The zero-order valence-corrected chi connectivity index (χ0v) is 16.2. The number of hydrogen-bond acceptors (Lipinski definition) is 5. The number of rotatable bonds is 3. The van der Waals surface area contributed by atoms with Gasteiger partial charge < -0.3 is 24.4 Å². The van der Waals surface area contributed by atoms with Gasteiger partial charge in [-0.3, -0.25) is 4.79 Å². The Hall–Kier alpha value is -2.44. The summed E-state index contributed by atoms with van der Waals surface area (Å²) >= 11 is 0. The Kier molecular flexibility index (Phi) is 5.77. The van der Waals surface area contributed by atoms with Gasteiger partial charge in [0.2, 0.25) is 0 Å². The molecule has 0 aromatic heterocycles. The molecule has 2 aliphatic heterocycles. The second-order valence-corrected chi connectivity index (χ2v) is 8.00. The Balaban J connectivity index is 1.56. The fourth-order valence-corrected chi connectivity index (χ4v) is 3.32. The van der Waals surface area contributed by atoms with Crippen molar-refractivity contribution in [2.45, 2.75) is 39.2 Å². The van der Waals surface area contributed by atoms with Crippen molar-refractivity contribution in [1.82, 2.24) is 10.2 Å². The molecule has 1 aromatic rings. The van der Waals surface area contributed by atoms with Gasteiger partial charge in [-0.25, -0.2) is 4.79 Å². The molecule has 2 amide bonds. The van der Waals surface area contributed by atoms with Crippen LogP contribution in [0.25, 0.3) is 0 Å². The first-order chi connectivity index (χ1) is 12.8. The van der Waals surface area contributed by atoms with Gasteiger partial charge in [-0.15, -0.1) is 0 Å². The minimum absolute atomic E-state index is 0.0195. The summed E-state index contributed by atoms with van der Waals surface area (Å²) in [6.07, 6.45) is 1.47. The number of piperidine rings is 1. The first-order valence-corrected chi connectivity index (χ1v) is 9.47. The SMILES string of the molecule is CC(C)(C)OC(=O)NCC1CCCN(C(=O)c2ccc3c(c2)OCCO3)C1. The van der Waals surface area contributed by atoms with Crippen LogP contribution in [0, 0.1) is 5.92 Å². The van der Waals surface area contributed by atoms with Crippen LogP contribution < -0.4 is 14.8 Å². The third kappa shape index (κ3) is 5.28. The highest BCUT2D eigenvalue weighted by atomic mass is 16.6. The molecule has 1 N–H and O–H groups in total. The summed E-state index contributed by atoms with van der Waals surface area (Å²) in [6.45, 7) is 8.35. The van der Waals surface area contributed by atoms with Gasteiger partial charge in [0, 0.05) is 25.2 Å². The largest absolute Gasteiger partial charge is 0.486 e. The van der Waals surface area contributed by atoms with Gasteiger partial charge in [0.05, 0.1) is 0 Å². The van der Waals surface area contributed by atoms with Crippen molar-refractivity contribution in [2.75, 3.05) is 32.8 Å². The summed E-state index contributed by atoms with van der Waals surface area (Å²) in [5.41, 5.74) is 0.0802. The van der Waals surface area contributed by atoms with E-state index in [0.717, 1.165) is 19.4 Å². The molecule has 0 bridgehead atoms. The number of fused-ring (bicyclic) bond motifs is 1. The fraction of sp³-hybridized carbons (Fsp3) is 0.600. The van der Waals surface area contributed by atoms with Crippen molar-refractivity contribution in [2.24, 2.45) is 5.92 Å². The standard InChI is InChI=1S/C20H28N2O5/c1-20(2,3)27-19(24)21-12-14-5-4-8-22(13-14)18(23)15-6-7-16-17(11-15)26-10-9-25-16/h6-7,11,14H,4-5,8-10,12-13H2,1-3H3,(H,21,24). The first kappa shape index (κ1) is 19.3. The average Bonchev–Trinajstić information content (AvgIpc) is 2.64. The number of amides is 2. The molecule has 148 valence electrons. The quantitative estimate of drug-likeness (QED) is 0.878. The van der Waals surface area contributed by atoms with Gasteiger partial charge in [0.25, 0.3) is 5.91 Å². The van der Waals surface area contributed by atoms with Gasteiger partial charge >= 0.3 is 6.09 Å². The number of alkyl carbamates (subject to hydrolysis) is 1. The minimum Gasteiger partial charge on any atom is -0.486 e. The van der Waals surface area contributed by atoms with Crippen LogP contribution in [0.3, 0.4) is 0 Å². The van der Waals surface area contributed by atoms with Crippen molar-refractivity contribution in [1.29, 1.82) is 0 Å². The van der Waals surface area contributed by atoms with E-state index in [0.29, 0.717) is 43.4 Å². The molecule has 0 aliphatic carbocycles. The number of nitrogens with zero attached hydrogens (tertiary/aromatic N) is 1. The van der Waals surface area contributed by atoms with Crippen molar-refractivity contribution >= 4 is 12.0 Å². The predicted molar refractivity (Wildman–Crippen MR) is 100 cm³/mol. The molecule has 1 saturated heterocycles. The minimum atomic E-state index is -0.517. The highest BCUT2D eigenvalue weighted by Gasteiger charge is 2.26. The molecule has 2 heterocycles. The van der Waals surface area contributed by atoms with Gasteiger partial charge in [-0.05, 0) is 57.7 Å². The Labute approximate surface area is 160 Å². The van der Waals surface area contributed by atoms with Crippen molar-refractivity contribution in [3.05, 3.63) is 23.8 Å². The maximum atomic E-state index is 12.9. The molecule has 1 aromatic carbocycles. The lowest BCUT2D eigenvalue weighted by molar-refractivity contribution is 0.0502.